The molecule has 0 spiro atoms. The summed E-state index contributed by atoms with van der Waals surface area (Å²) in [6.45, 7) is 0.274. The molecule has 1 atom stereocenters. The third kappa shape index (κ3) is 5.40. The van der Waals surface area contributed by atoms with Gasteiger partial charge < -0.3 is 20.5 Å². The van der Waals surface area contributed by atoms with Crippen molar-refractivity contribution in [2.24, 2.45) is 0 Å². The minimum Gasteiger partial charge on any atom is -0.481 e. The Hall–Kier alpha value is -3.49. The molecule has 0 heterocycles. The van der Waals surface area contributed by atoms with Gasteiger partial charge in [-0.3, -0.25) is 9.59 Å². The Morgan fingerprint density at radius 2 is 1.62 bits per heavy atom. The van der Waals surface area contributed by atoms with Crippen LogP contribution in [-0.4, -0.2) is 48.2 Å². The number of carbonyl (C=O) groups excluding carboxylic acids is 2. The van der Waals surface area contributed by atoms with Gasteiger partial charge in [-0.15, -0.1) is 0 Å². The lowest BCUT2D eigenvalue weighted by atomic mass is 9.98. The molecule has 0 saturated carbocycles. The Balaban J connectivity index is 1.64. The number of hydrogen-bond donors (Lipinski definition) is 3. The first-order valence-electron chi connectivity index (χ1n) is 10.2. The highest BCUT2D eigenvalue weighted by Gasteiger charge is 2.32. The van der Waals surface area contributed by atoms with E-state index in [2.05, 4.69) is 5.32 Å². The first-order valence-corrected chi connectivity index (χ1v) is 10.2. The molecule has 9 heteroatoms. The molecule has 0 saturated heterocycles. The molecular weight excluding hydrogens is 422 g/mol. The van der Waals surface area contributed by atoms with Crippen LogP contribution in [0.25, 0.3) is 11.1 Å². The first-order chi connectivity index (χ1) is 15.2. The summed E-state index contributed by atoms with van der Waals surface area (Å²) in [5.41, 5.74) is 4.06. The second-order valence-corrected chi connectivity index (χ2v) is 7.55. The number of fused-ring (bicyclic) bond motifs is 3. The molecule has 2 amide bonds. The predicted molar refractivity (Wildman–Crippen MR) is 112 cm³/mol. The summed E-state index contributed by atoms with van der Waals surface area (Å²) >= 11 is 0. The van der Waals surface area contributed by atoms with E-state index in [1.807, 2.05) is 53.8 Å². The smallest absolute Gasteiger partial charge is 0.407 e. The monoisotopic (exact) mass is 446 g/mol. The van der Waals surface area contributed by atoms with Gasteiger partial charge >= 0.3 is 12.1 Å². The van der Waals surface area contributed by atoms with Crippen LogP contribution in [0.4, 0.5) is 13.6 Å². The maximum Gasteiger partial charge on any atom is 0.407 e. The molecule has 1 aliphatic carbocycles. The molecule has 3 N–H and O–H groups in total. The van der Waals surface area contributed by atoms with E-state index in [0.717, 1.165) is 22.3 Å². The van der Waals surface area contributed by atoms with Crippen LogP contribution in [0.2, 0.25) is 0 Å². The van der Waals surface area contributed by atoms with Crippen molar-refractivity contribution in [2.45, 2.75) is 37.6 Å². The topological polar surface area (TPSA) is 105 Å². The van der Waals surface area contributed by atoms with Crippen molar-refractivity contribution in [2.75, 3.05) is 13.2 Å². The Labute approximate surface area is 183 Å². The number of alkyl carbamates (subject to hydrolysis) is 1. The molecular formula is C23H24F2N2O5. The van der Waals surface area contributed by atoms with Gasteiger partial charge in [0.15, 0.2) is 0 Å². The van der Waals surface area contributed by atoms with E-state index in [0.29, 0.717) is 0 Å². The van der Waals surface area contributed by atoms with E-state index in [-0.39, 0.29) is 12.5 Å². The maximum atomic E-state index is 13.4. The number of carboxylic acid groups (broad SMARTS) is 1. The Morgan fingerprint density at radius 3 is 2.16 bits per heavy atom. The van der Waals surface area contributed by atoms with Crippen LogP contribution >= 0.6 is 0 Å². The summed E-state index contributed by atoms with van der Waals surface area (Å²) in [4.78, 5) is 35.6. The average Bonchev–Trinajstić information content (AvgIpc) is 3.09. The van der Waals surface area contributed by atoms with E-state index in [4.69, 9.17) is 9.84 Å². The quantitative estimate of drug-likeness (QED) is 0.547. The van der Waals surface area contributed by atoms with E-state index in [1.165, 1.54) is 6.92 Å². The second kappa shape index (κ2) is 9.76. The molecule has 0 fully saturated rings. The molecule has 7 nitrogen and oxygen atoms in total. The van der Waals surface area contributed by atoms with Crippen LogP contribution in [-0.2, 0) is 14.3 Å². The zero-order chi connectivity index (χ0) is 23.3. The van der Waals surface area contributed by atoms with Crippen molar-refractivity contribution in [3.8, 4) is 11.1 Å². The van der Waals surface area contributed by atoms with Crippen LogP contribution in [0.1, 0.15) is 36.8 Å². The minimum atomic E-state index is -3.13. The van der Waals surface area contributed by atoms with Crippen LogP contribution in [0.15, 0.2) is 48.5 Å². The number of alkyl halides is 2. The largest absolute Gasteiger partial charge is 0.481 e. The number of nitrogens with one attached hydrogen (secondary N) is 2. The summed E-state index contributed by atoms with van der Waals surface area (Å²) in [7, 11) is 0. The van der Waals surface area contributed by atoms with E-state index < -0.39 is 49.3 Å². The highest BCUT2D eigenvalue weighted by Crippen LogP contribution is 2.44. The van der Waals surface area contributed by atoms with Gasteiger partial charge in [0.1, 0.15) is 12.6 Å². The maximum absolute atomic E-state index is 13.4. The molecule has 170 valence electrons. The van der Waals surface area contributed by atoms with Crippen LogP contribution in [0.3, 0.4) is 0 Å². The third-order valence-electron chi connectivity index (χ3n) is 5.37. The number of amides is 2. The lowest BCUT2D eigenvalue weighted by Gasteiger charge is -2.20. The standard InChI is InChI=1S/C23H24F2N2O5/c1-2-23(24,25)13-26-21(30)19(11-20(28)29)27-22(31)32-12-18-16-9-5-3-7-14(16)15-8-4-6-10-17(15)18/h3-10,18-19H,2,11-13H2,1H3,(H,26,30)(H,27,31)(H,28,29). The van der Waals surface area contributed by atoms with Crippen molar-refractivity contribution >= 4 is 18.0 Å². The molecule has 0 bridgehead atoms. The third-order valence-corrected chi connectivity index (χ3v) is 5.37. The predicted octanol–water partition coefficient (Wildman–Crippen LogP) is 3.53. The van der Waals surface area contributed by atoms with Crippen molar-refractivity contribution in [3.05, 3.63) is 59.7 Å². The van der Waals surface area contributed by atoms with Gasteiger partial charge in [-0.1, -0.05) is 55.5 Å². The van der Waals surface area contributed by atoms with Gasteiger partial charge in [0.25, 0.3) is 5.92 Å². The molecule has 3 rings (SSSR count). The van der Waals surface area contributed by atoms with Gasteiger partial charge in [0.2, 0.25) is 5.91 Å². The zero-order valence-electron chi connectivity index (χ0n) is 17.4. The Bertz CT molecular complexity index is 966. The van der Waals surface area contributed by atoms with Crippen molar-refractivity contribution in [1.82, 2.24) is 10.6 Å². The Morgan fingerprint density at radius 1 is 1.06 bits per heavy atom. The molecule has 2 aromatic carbocycles. The number of carboxylic acids is 1. The second-order valence-electron chi connectivity index (χ2n) is 7.55. The zero-order valence-corrected chi connectivity index (χ0v) is 17.4. The minimum absolute atomic E-state index is 0.0326. The number of ether oxygens (including phenoxy) is 1. The van der Waals surface area contributed by atoms with Gasteiger partial charge in [0, 0.05) is 12.3 Å². The molecule has 2 aromatic rings. The van der Waals surface area contributed by atoms with E-state index >= 15 is 0 Å². The fraction of sp³-hybridized carbons (Fsp3) is 0.348. The van der Waals surface area contributed by atoms with Crippen molar-refractivity contribution in [1.29, 1.82) is 0 Å². The normalized spacial score (nSPS) is 13.6. The number of carbonyl (C=O) groups is 3. The fourth-order valence-electron chi connectivity index (χ4n) is 3.63. The lowest BCUT2D eigenvalue weighted by molar-refractivity contribution is -0.140. The van der Waals surface area contributed by atoms with E-state index in [1.54, 1.807) is 0 Å². The molecule has 1 aliphatic rings. The summed E-state index contributed by atoms with van der Waals surface area (Å²) in [5, 5.41) is 13.2. The van der Waals surface area contributed by atoms with Crippen LogP contribution < -0.4 is 10.6 Å². The average molecular weight is 446 g/mol. The summed E-state index contributed by atoms with van der Waals surface area (Å²) < 4.78 is 32.1. The lowest BCUT2D eigenvalue weighted by Crippen LogP contribution is -2.50. The van der Waals surface area contributed by atoms with Gasteiger partial charge in [-0.25, -0.2) is 13.6 Å². The summed E-state index contributed by atoms with van der Waals surface area (Å²) in [6.07, 6.45) is -2.26. The van der Waals surface area contributed by atoms with E-state index in [9.17, 15) is 23.2 Å². The molecule has 0 aromatic heterocycles. The highest BCUT2D eigenvalue weighted by atomic mass is 19.3. The Kier molecular flexibility index (Phi) is 7.07. The summed E-state index contributed by atoms with van der Waals surface area (Å²) in [5.74, 6) is -5.74. The van der Waals surface area contributed by atoms with Crippen molar-refractivity contribution < 1.29 is 33.0 Å². The number of halogens is 2. The SMILES string of the molecule is CCC(F)(F)CNC(=O)C(CC(=O)O)NC(=O)OCC1c2ccccc2-c2ccccc21. The van der Waals surface area contributed by atoms with Crippen LogP contribution in [0, 0.1) is 0 Å². The number of benzene rings is 2. The molecule has 32 heavy (non-hydrogen) atoms. The van der Waals surface area contributed by atoms with Gasteiger partial charge in [0.05, 0.1) is 13.0 Å². The number of hydrogen-bond acceptors (Lipinski definition) is 4. The van der Waals surface area contributed by atoms with Gasteiger partial charge in [-0.2, -0.15) is 0 Å². The number of aliphatic carboxylic acids is 1. The number of rotatable bonds is 9. The van der Waals surface area contributed by atoms with Crippen LogP contribution in [0.5, 0.6) is 0 Å². The fourth-order valence-corrected chi connectivity index (χ4v) is 3.63. The van der Waals surface area contributed by atoms with Crippen molar-refractivity contribution in [3.63, 3.8) is 0 Å². The highest BCUT2D eigenvalue weighted by molar-refractivity contribution is 5.89. The van der Waals surface area contributed by atoms with Gasteiger partial charge in [-0.05, 0) is 22.3 Å². The summed E-state index contributed by atoms with van der Waals surface area (Å²) in [6, 6.07) is 13.9. The molecule has 0 radical (unpaired) electrons. The molecule has 0 aliphatic heterocycles. The molecule has 1 unspecified atom stereocenters. The first kappa shape index (κ1) is 23.2.